The SMILES string of the molecule is BrCc1ccccc1.CC/C(=C(\c1ccccc1)c1ccc(OCCN(C)C)cc1)c1ccccc1. The van der Waals surface area contributed by atoms with Gasteiger partial charge in [0.2, 0.25) is 0 Å². The molecule has 0 heterocycles. The van der Waals surface area contributed by atoms with Crippen LogP contribution in [0.5, 0.6) is 5.75 Å². The number of benzene rings is 4. The summed E-state index contributed by atoms with van der Waals surface area (Å²) in [7, 11) is 4.11. The highest BCUT2D eigenvalue weighted by molar-refractivity contribution is 9.08. The van der Waals surface area contributed by atoms with Crippen molar-refractivity contribution in [3.8, 4) is 5.75 Å². The molecule has 0 saturated carbocycles. The van der Waals surface area contributed by atoms with E-state index in [0.717, 1.165) is 24.0 Å². The van der Waals surface area contributed by atoms with Gasteiger partial charge in [0.1, 0.15) is 12.4 Å². The Bertz CT molecular complexity index is 1170. The second-order valence-corrected chi connectivity index (χ2v) is 9.30. The molecule has 2 nitrogen and oxygen atoms in total. The van der Waals surface area contributed by atoms with E-state index in [1.54, 1.807) is 0 Å². The summed E-state index contributed by atoms with van der Waals surface area (Å²) >= 11 is 3.36. The highest BCUT2D eigenvalue weighted by atomic mass is 79.9. The zero-order valence-electron chi connectivity index (χ0n) is 21.5. The van der Waals surface area contributed by atoms with Crippen molar-refractivity contribution in [3.05, 3.63) is 138 Å². The molecular weight excluding hydrogens is 506 g/mol. The minimum absolute atomic E-state index is 0.692. The number of hydrogen-bond acceptors (Lipinski definition) is 2. The van der Waals surface area contributed by atoms with E-state index >= 15 is 0 Å². The van der Waals surface area contributed by atoms with E-state index in [-0.39, 0.29) is 0 Å². The van der Waals surface area contributed by atoms with Crippen molar-refractivity contribution >= 4 is 27.1 Å². The van der Waals surface area contributed by atoms with Crippen LogP contribution in [0, 0.1) is 0 Å². The number of halogens is 1. The molecule has 0 atom stereocenters. The first-order chi connectivity index (χ1) is 17.6. The molecule has 0 bridgehead atoms. The summed E-state index contributed by atoms with van der Waals surface area (Å²) in [6, 6.07) is 40.1. The number of hydrogen-bond donors (Lipinski definition) is 0. The fraction of sp³-hybridized carbons (Fsp3) is 0.212. The Morgan fingerprint density at radius 1 is 0.667 bits per heavy atom. The maximum atomic E-state index is 5.87. The topological polar surface area (TPSA) is 12.5 Å². The van der Waals surface area contributed by atoms with Crippen LogP contribution in [-0.2, 0) is 5.33 Å². The third-order valence-corrected chi connectivity index (χ3v) is 6.43. The maximum absolute atomic E-state index is 5.87. The molecule has 0 amide bonds. The van der Waals surface area contributed by atoms with Crippen molar-refractivity contribution in [1.29, 1.82) is 0 Å². The highest BCUT2D eigenvalue weighted by Gasteiger charge is 2.13. The Morgan fingerprint density at radius 2 is 1.17 bits per heavy atom. The first-order valence-corrected chi connectivity index (χ1v) is 13.6. The predicted molar refractivity (Wildman–Crippen MR) is 159 cm³/mol. The Morgan fingerprint density at radius 3 is 1.64 bits per heavy atom. The largest absolute Gasteiger partial charge is 0.492 e. The fourth-order valence-corrected chi connectivity index (χ4v) is 4.29. The number of alkyl halides is 1. The number of likely N-dealkylation sites (N-methyl/N-ethyl adjacent to an activating group) is 1. The smallest absolute Gasteiger partial charge is 0.119 e. The van der Waals surface area contributed by atoms with Crippen molar-refractivity contribution in [3.63, 3.8) is 0 Å². The average molecular weight is 543 g/mol. The van der Waals surface area contributed by atoms with Crippen molar-refractivity contribution in [2.24, 2.45) is 0 Å². The van der Waals surface area contributed by atoms with Crippen LogP contribution in [-0.4, -0.2) is 32.1 Å². The summed E-state index contributed by atoms with van der Waals surface area (Å²) in [6.07, 6.45) is 0.968. The third-order valence-electron chi connectivity index (χ3n) is 5.79. The number of ether oxygens (including phenoxy) is 1. The van der Waals surface area contributed by atoms with Gasteiger partial charge in [0.25, 0.3) is 0 Å². The Hall–Kier alpha value is -3.14. The van der Waals surface area contributed by atoms with E-state index in [4.69, 9.17) is 4.74 Å². The van der Waals surface area contributed by atoms with Crippen molar-refractivity contribution in [2.75, 3.05) is 27.2 Å². The molecule has 0 spiro atoms. The standard InChI is InChI=1S/C26H29NO.C7H7Br/c1-4-25(21-11-7-5-8-12-21)26(22-13-9-6-10-14-22)23-15-17-24(18-16-23)28-20-19-27(2)3;8-6-7-4-2-1-3-5-7/h5-18H,4,19-20H2,1-3H3;1-5H,6H2/b26-25-;. The predicted octanol–water partition coefficient (Wildman–Crippen LogP) is 8.58. The van der Waals surface area contributed by atoms with E-state index < -0.39 is 0 Å². The molecular formula is C33H36BrNO. The molecule has 0 unspecified atom stereocenters. The van der Waals surface area contributed by atoms with Crippen LogP contribution in [0.4, 0.5) is 0 Å². The normalized spacial score (nSPS) is 11.4. The van der Waals surface area contributed by atoms with E-state index in [1.807, 2.05) is 18.2 Å². The summed E-state index contributed by atoms with van der Waals surface area (Å²) in [6.45, 7) is 3.83. The quantitative estimate of drug-likeness (QED) is 0.155. The summed E-state index contributed by atoms with van der Waals surface area (Å²) < 4.78 is 5.87. The minimum Gasteiger partial charge on any atom is -0.492 e. The van der Waals surface area contributed by atoms with Gasteiger partial charge in [0.05, 0.1) is 0 Å². The van der Waals surface area contributed by atoms with Crippen LogP contribution in [0.25, 0.3) is 11.1 Å². The molecule has 186 valence electrons. The molecule has 0 aliphatic heterocycles. The lowest BCUT2D eigenvalue weighted by Gasteiger charge is -2.17. The van der Waals surface area contributed by atoms with Gasteiger partial charge in [-0.15, -0.1) is 0 Å². The second kappa shape index (κ2) is 15.1. The van der Waals surface area contributed by atoms with Gasteiger partial charge in [0.15, 0.2) is 0 Å². The lowest BCUT2D eigenvalue weighted by atomic mass is 9.88. The highest BCUT2D eigenvalue weighted by Crippen LogP contribution is 2.34. The molecule has 0 fully saturated rings. The molecule has 0 aromatic heterocycles. The number of nitrogens with zero attached hydrogens (tertiary/aromatic N) is 1. The van der Waals surface area contributed by atoms with E-state index in [0.29, 0.717) is 6.61 Å². The van der Waals surface area contributed by atoms with Crippen molar-refractivity contribution in [2.45, 2.75) is 18.7 Å². The van der Waals surface area contributed by atoms with Crippen molar-refractivity contribution < 1.29 is 4.74 Å². The van der Waals surface area contributed by atoms with E-state index in [1.165, 1.54) is 33.4 Å². The summed E-state index contributed by atoms with van der Waals surface area (Å²) in [5, 5.41) is 0.952. The molecule has 0 saturated heterocycles. The zero-order valence-corrected chi connectivity index (χ0v) is 23.1. The molecule has 4 rings (SSSR count). The van der Waals surface area contributed by atoms with Gasteiger partial charge in [-0.05, 0) is 66.0 Å². The van der Waals surface area contributed by atoms with Gasteiger partial charge in [-0.2, -0.15) is 0 Å². The summed E-state index contributed by atoms with van der Waals surface area (Å²) in [4.78, 5) is 2.12. The van der Waals surface area contributed by atoms with Crippen LogP contribution in [0.15, 0.2) is 115 Å². The van der Waals surface area contributed by atoms with Crippen LogP contribution >= 0.6 is 15.9 Å². The van der Waals surface area contributed by atoms with Gasteiger partial charge in [-0.1, -0.05) is 126 Å². The maximum Gasteiger partial charge on any atom is 0.119 e. The lowest BCUT2D eigenvalue weighted by molar-refractivity contribution is 0.261. The molecule has 0 aliphatic rings. The molecule has 4 aromatic carbocycles. The molecule has 36 heavy (non-hydrogen) atoms. The van der Waals surface area contributed by atoms with Gasteiger partial charge in [0, 0.05) is 11.9 Å². The van der Waals surface area contributed by atoms with E-state index in [2.05, 4.69) is 139 Å². The van der Waals surface area contributed by atoms with Crippen LogP contribution < -0.4 is 4.74 Å². The number of rotatable bonds is 9. The average Bonchev–Trinajstić information content (AvgIpc) is 2.94. The van der Waals surface area contributed by atoms with Gasteiger partial charge in [-0.25, -0.2) is 0 Å². The van der Waals surface area contributed by atoms with Gasteiger partial charge in [-0.3, -0.25) is 0 Å². The second-order valence-electron chi connectivity index (χ2n) is 8.73. The van der Waals surface area contributed by atoms with Crippen molar-refractivity contribution in [1.82, 2.24) is 4.90 Å². The Kier molecular flexibility index (Phi) is 11.5. The van der Waals surface area contributed by atoms with Gasteiger partial charge >= 0.3 is 0 Å². The monoisotopic (exact) mass is 541 g/mol. The summed E-state index contributed by atoms with van der Waals surface area (Å²) in [5.74, 6) is 0.913. The zero-order chi connectivity index (χ0) is 25.6. The number of allylic oxidation sites excluding steroid dienone is 1. The Balaban J connectivity index is 0.000000383. The van der Waals surface area contributed by atoms with Crippen LogP contribution in [0.3, 0.4) is 0 Å². The van der Waals surface area contributed by atoms with Crippen LogP contribution in [0.2, 0.25) is 0 Å². The molecule has 3 heteroatoms. The molecule has 4 aromatic rings. The lowest BCUT2D eigenvalue weighted by Crippen LogP contribution is -2.19. The molecule has 0 N–H and O–H groups in total. The molecule has 0 aliphatic carbocycles. The summed E-state index contributed by atoms with van der Waals surface area (Å²) in [5.41, 5.74) is 7.70. The van der Waals surface area contributed by atoms with Crippen LogP contribution in [0.1, 0.15) is 35.6 Å². The van der Waals surface area contributed by atoms with Gasteiger partial charge < -0.3 is 9.64 Å². The first-order valence-electron chi connectivity index (χ1n) is 12.4. The third kappa shape index (κ3) is 8.51. The fourth-order valence-electron chi connectivity index (χ4n) is 3.92. The van der Waals surface area contributed by atoms with E-state index in [9.17, 15) is 0 Å². The minimum atomic E-state index is 0.692. The first kappa shape index (κ1) is 27.4. The molecule has 0 radical (unpaired) electrons. The Labute approximate surface area is 225 Å².